The third kappa shape index (κ3) is 3.48. The van der Waals surface area contributed by atoms with Crippen LogP contribution in [0.3, 0.4) is 0 Å². The number of rotatable bonds is 7. The number of fused-ring (bicyclic) bond motifs is 2. The average Bonchev–Trinajstić information content (AvgIpc) is 3.15. The van der Waals surface area contributed by atoms with E-state index in [1.165, 1.54) is 27.6 Å². The summed E-state index contributed by atoms with van der Waals surface area (Å²) in [6, 6.07) is 13.1. The number of para-hydroxylation sites is 1. The third-order valence-corrected chi connectivity index (χ3v) is 5.78. The van der Waals surface area contributed by atoms with Crippen LogP contribution in [0.4, 0.5) is 0 Å². The number of hydrogen-bond donors (Lipinski definition) is 1. The first-order valence-corrected chi connectivity index (χ1v) is 9.78. The lowest BCUT2D eigenvalue weighted by molar-refractivity contribution is 0.113. The van der Waals surface area contributed by atoms with Gasteiger partial charge in [-0.3, -0.25) is 4.90 Å². The Hall–Kier alpha value is -2.50. The average molecular weight is 380 g/mol. The molecule has 2 aromatic carbocycles. The van der Waals surface area contributed by atoms with Gasteiger partial charge in [-0.2, -0.15) is 0 Å². The van der Waals surface area contributed by atoms with Gasteiger partial charge >= 0.3 is 0 Å². The normalized spacial score (nSPS) is 16.9. The summed E-state index contributed by atoms with van der Waals surface area (Å²) in [7, 11) is 5.16. The summed E-state index contributed by atoms with van der Waals surface area (Å²) in [5.41, 5.74) is 5.19. The highest BCUT2D eigenvalue weighted by molar-refractivity contribution is 5.83. The minimum absolute atomic E-state index is 0.276. The fourth-order valence-electron chi connectivity index (χ4n) is 4.30. The summed E-state index contributed by atoms with van der Waals surface area (Å²) in [6.45, 7) is 2.66. The molecular weight excluding hydrogens is 352 g/mol. The Morgan fingerprint density at radius 3 is 2.64 bits per heavy atom. The molecule has 28 heavy (non-hydrogen) atoms. The number of ether oxygens (including phenoxy) is 3. The quantitative estimate of drug-likeness (QED) is 0.674. The second-order valence-electron chi connectivity index (χ2n) is 7.26. The number of aromatic amines is 1. The summed E-state index contributed by atoms with van der Waals surface area (Å²) >= 11 is 0. The number of benzene rings is 2. The molecular formula is C23H28N2O3. The summed E-state index contributed by atoms with van der Waals surface area (Å²) in [5, 5.41) is 1.29. The van der Waals surface area contributed by atoms with Crippen LogP contribution in [0.5, 0.6) is 11.5 Å². The predicted molar refractivity (Wildman–Crippen MR) is 111 cm³/mol. The maximum absolute atomic E-state index is 5.60. The highest BCUT2D eigenvalue weighted by Gasteiger charge is 2.29. The van der Waals surface area contributed by atoms with Crippen molar-refractivity contribution in [1.82, 2.24) is 9.88 Å². The lowest BCUT2D eigenvalue weighted by atomic mass is 9.88. The van der Waals surface area contributed by atoms with E-state index in [0.29, 0.717) is 0 Å². The summed E-state index contributed by atoms with van der Waals surface area (Å²) < 4.78 is 16.5. The molecule has 0 fully saturated rings. The summed E-state index contributed by atoms with van der Waals surface area (Å²) in [5.74, 6) is 1.59. The zero-order valence-corrected chi connectivity index (χ0v) is 16.8. The van der Waals surface area contributed by atoms with Crippen molar-refractivity contribution in [3.63, 3.8) is 0 Å². The Balaban J connectivity index is 1.74. The second kappa shape index (κ2) is 8.25. The number of methoxy groups -OCH3 is 3. The zero-order chi connectivity index (χ0) is 19.5. The molecule has 0 saturated carbocycles. The van der Waals surface area contributed by atoms with Gasteiger partial charge in [0, 0.05) is 43.3 Å². The van der Waals surface area contributed by atoms with Gasteiger partial charge in [0.15, 0.2) is 11.5 Å². The Morgan fingerprint density at radius 2 is 1.86 bits per heavy atom. The Kier molecular flexibility index (Phi) is 5.55. The molecule has 3 aromatic rings. The van der Waals surface area contributed by atoms with Gasteiger partial charge < -0.3 is 19.2 Å². The predicted octanol–water partition coefficient (Wildman–Crippen LogP) is 3.97. The van der Waals surface area contributed by atoms with Crippen molar-refractivity contribution in [2.45, 2.75) is 18.9 Å². The molecule has 0 bridgehead atoms. The van der Waals surface area contributed by atoms with Crippen LogP contribution in [0.1, 0.15) is 22.7 Å². The molecule has 5 nitrogen and oxygen atoms in total. The number of aromatic nitrogens is 1. The van der Waals surface area contributed by atoms with Crippen molar-refractivity contribution in [2.24, 2.45) is 0 Å². The van der Waals surface area contributed by atoms with E-state index in [2.05, 4.69) is 52.5 Å². The fourth-order valence-corrected chi connectivity index (χ4v) is 4.30. The Morgan fingerprint density at radius 1 is 1.07 bits per heavy atom. The molecule has 2 heterocycles. The largest absolute Gasteiger partial charge is 0.493 e. The van der Waals surface area contributed by atoms with E-state index in [0.717, 1.165) is 44.0 Å². The molecule has 1 aliphatic heterocycles. The fraction of sp³-hybridized carbons (Fsp3) is 0.391. The SMILES string of the molecule is COCCN1CCc2cc(OC)c(OC)cc2[C@@H]1Cc1c[nH]c2ccccc12. The Bertz CT molecular complexity index is 950. The standard InChI is InChI=1S/C23H28N2O3/c1-26-11-10-25-9-8-16-13-22(27-2)23(28-3)14-19(16)21(25)12-17-15-24-20-7-5-4-6-18(17)20/h4-7,13-15,21,24H,8-12H2,1-3H3/t21-/m0/s1. The molecule has 5 heteroatoms. The van der Waals surface area contributed by atoms with Crippen molar-refractivity contribution in [1.29, 1.82) is 0 Å². The van der Waals surface area contributed by atoms with Gasteiger partial charge in [-0.25, -0.2) is 0 Å². The van der Waals surface area contributed by atoms with Gasteiger partial charge in [-0.05, 0) is 47.7 Å². The van der Waals surface area contributed by atoms with Gasteiger partial charge in [0.05, 0.1) is 20.8 Å². The van der Waals surface area contributed by atoms with Crippen molar-refractivity contribution >= 4 is 10.9 Å². The molecule has 0 unspecified atom stereocenters. The third-order valence-electron chi connectivity index (χ3n) is 5.78. The first-order chi connectivity index (χ1) is 13.7. The van der Waals surface area contributed by atoms with Crippen molar-refractivity contribution in [3.8, 4) is 11.5 Å². The first kappa shape index (κ1) is 18.8. The minimum Gasteiger partial charge on any atom is -0.493 e. The first-order valence-electron chi connectivity index (χ1n) is 9.78. The second-order valence-corrected chi connectivity index (χ2v) is 7.26. The van der Waals surface area contributed by atoms with E-state index in [-0.39, 0.29) is 6.04 Å². The maximum Gasteiger partial charge on any atom is 0.161 e. The molecule has 1 aliphatic rings. The minimum atomic E-state index is 0.276. The van der Waals surface area contributed by atoms with E-state index < -0.39 is 0 Å². The highest BCUT2D eigenvalue weighted by atomic mass is 16.5. The lowest BCUT2D eigenvalue weighted by Gasteiger charge is -2.37. The van der Waals surface area contributed by atoms with Crippen LogP contribution in [0.25, 0.3) is 10.9 Å². The maximum atomic E-state index is 5.60. The molecule has 1 aromatic heterocycles. The molecule has 0 radical (unpaired) electrons. The van der Waals surface area contributed by atoms with E-state index in [1.807, 2.05) is 0 Å². The van der Waals surface area contributed by atoms with Gasteiger partial charge in [-0.15, -0.1) is 0 Å². The molecule has 1 atom stereocenters. The topological polar surface area (TPSA) is 46.7 Å². The molecule has 0 aliphatic carbocycles. The van der Waals surface area contributed by atoms with Crippen LogP contribution in [0, 0.1) is 0 Å². The van der Waals surface area contributed by atoms with Crippen LogP contribution in [-0.2, 0) is 17.6 Å². The molecule has 1 N–H and O–H groups in total. The monoisotopic (exact) mass is 380 g/mol. The van der Waals surface area contributed by atoms with Crippen LogP contribution < -0.4 is 9.47 Å². The molecule has 0 saturated heterocycles. The van der Waals surface area contributed by atoms with E-state index >= 15 is 0 Å². The van der Waals surface area contributed by atoms with Gasteiger partial charge in [-0.1, -0.05) is 18.2 Å². The smallest absolute Gasteiger partial charge is 0.161 e. The molecule has 0 spiro atoms. The summed E-state index contributed by atoms with van der Waals surface area (Å²) in [6.07, 6.45) is 4.09. The van der Waals surface area contributed by atoms with Gasteiger partial charge in [0.1, 0.15) is 0 Å². The number of nitrogens with zero attached hydrogens (tertiary/aromatic N) is 1. The molecule has 4 rings (SSSR count). The number of H-pyrrole nitrogens is 1. The number of nitrogens with one attached hydrogen (secondary N) is 1. The summed E-state index contributed by atoms with van der Waals surface area (Å²) in [4.78, 5) is 5.94. The van der Waals surface area contributed by atoms with Gasteiger partial charge in [0.2, 0.25) is 0 Å². The van der Waals surface area contributed by atoms with E-state index in [4.69, 9.17) is 14.2 Å². The van der Waals surface area contributed by atoms with Gasteiger partial charge in [0.25, 0.3) is 0 Å². The van der Waals surface area contributed by atoms with Crippen LogP contribution >= 0.6 is 0 Å². The van der Waals surface area contributed by atoms with Crippen LogP contribution in [-0.4, -0.2) is 50.9 Å². The van der Waals surface area contributed by atoms with Crippen LogP contribution in [0.15, 0.2) is 42.6 Å². The van der Waals surface area contributed by atoms with Crippen LogP contribution in [0.2, 0.25) is 0 Å². The van der Waals surface area contributed by atoms with Crippen molar-refractivity contribution < 1.29 is 14.2 Å². The highest BCUT2D eigenvalue weighted by Crippen LogP contribution is 2.40. The van der Waals surface area contributed by atoms with Crippen molar-refractivity contribution in [3.05, 3.63) is 59.3 Å². The van der Waals surface area contributed by atoms with Crippen molar-refractivity contribution in [2.75, 3.05) is 41.0 Å². The number of hydrogen-bond acceptors (Lipinski definition) is 4. The lowest BCUT2D eigenvalue weighted by Crippen LogP contribution is -2.38. The van der Waals surface area contributed by atoms with E-state index in [9.17, 15) is 0 Å². The Labute approximate surface area is 166 Å². The van der Waals surface area contributed by atoms with E-state index in [1.54, 1.807) is 21.3 Å². The molecule has 148 valence electrons. The zero-order valence-electron chi connectivity index (χ0n) is 16.8. The molecule has 0 amide bonds.